The topological polar surface area (TPSA) is 112 Å². The quantitative estimate of drug-likeness (QED) is 0.311. The van der Waals surface area contributed by atoms with Crippen molar-refractivity contribution in [3.63, 3.8) is 0 Å². The van der Waals surface area contributed by atoms with Crippen LogP contribution in [-0.2, 0) is 38.5 Å². The van der Waals surface area contributed by atoms with Crippen LogP contribution in [0.3, 0.4) is 0 Å². The molecule has 0 unspecified atom stereocenters. The molecule has 42 heavy (non-hydrogen) atoms. The summed E-state index contributed by atoms with van der Waals surface area (Å²) in [5.74, 6) is -1.10. The zero-order valence-electron chi connectivity index (χ0n) is 23.3. The molecule has 0 spiro atoms. The molecule has 2 aliphatic rings. The first kappa shape index (κ1) is 27.3. The molecule has 9 nitrogen and oxygen atoms in total. The number of ether oxygens (including phenoxy) is 1. The summed E-state index contributed by atoms with van der Waals surface area (Å²) in [7, 11) is 1.32. The van der Waals surface area contributed by atoms with Gasteiger partial charge in [-0.05, 0) is 29.2 Å². The van der Waals surface area contributed by atoms with Gasteiger partial charge in [-0.3, -0.25) is 19.3 Å². The second kappa shape index (κ2) is 11.5. The minimum Gasteiger partial charge on any atom is -0.469 e. The second-order valence-electron chi connectivity index (χ2n) is 10.8. The number of hydrogen-bond acceptors (Lipinski definition) is 5. The summed E-state index contributed by atoms with van der Waals surface area (Å²) in [6, 6.07) is 24.2. The van der Waals surface area contributed by atoms with Crippen LogP contribution in [0, 0.1) is 0 Å². The molecular formula is C33H32N4O5. The van der Waals surface area contributed by atoms with E-state index in [1.807, 2.05) is 84.9 Å². The molecule has 4 amide bonds. The van der Waals surface area contributed by atoms with E-state index in [1.165, 1.54) is 12.0 Å². The van der Waals surface area contributed by atoms with Gasteiger partial charge in [-0.15, -0.1) is 0 Å². The molecule has 6 rings (SSSR count). The van der Waals surface area contributed by atoms with E-state index in [0.717, 1.165) is 33.3 Å². The Bertz CT molecular complexity index is 1630. The van der Waals surface area contributed by atoms with Crippen molar-refractivity contribution < 1.29 is 23.9 Å². The fourth-order valence-electron chi connectivity index (χ4n) is 6.16. The van der Waals surface area contributed by atoms with Gasteiger partial charge in [-0.25, -0.2) is 4.79 Å². The number of amides is 4. The Morgan fingerprint density at radius 3 is 2.31 bits per heavy atom. The van der Waals surface area contributed by atoms with Gasteiger partial charge in [-0.1, -0.05) is 78.9 Å². The molecule has 2 N–H and O–H groups in total. The highest BCUT2D eigenvalue weighted by Crippen LogP contribution is 2.42. The number of H-pyrrole nitrogens is 1. The number of nitrogens with zero attached hydrogens (tertiary/aromatic N) is 2. The predicted molar refractivity (Wildman–Crippen MR) is 156 cm³/mol. The van der Waals surface area contributed by atoms with E-state index < -0.39 is 30.1 Å². The van der Waals surface area contributed by atoms with Crippen molar-refractivity contribution in [3.8, 4) is 0 Å². The van der Waals surface area contributed by atoms with E-state index in [-0.39, 0.29) is 37.6 Å². The number of aromatic amines is 1. The van der Waals surface area contributed by atoms with Gasteiger partial charge < -0.3 is 19.9 Å². The molecule has 0 aliphatic carbocycles. The van der Waals surface area contributed by atoms with Crippen LogP contribution in [0.4, 0.5) is 4.79 Å². The van der Waals surface area contributed by atoms with E-state index in [9.17, 15) is 19.2 Å². The maximum absolute atomic E-state index is 14.1. The smallest absolute Gasteiger partial charge is 0.328 e. The summed E-state index contributed by atoms with van der Waals surface area (Å²) in [5.41, 5.74) is 4.39. The lowest BCUT2D eigenvalue weighted by atomic mass is 9.88. The van der Waals surface area contributed by atoms with Crippen molar-refractivity contribution in [1.82, 2.24) is 20.1 Å². The molecule has 2 aliphatic heterocycles. The molecule has 1 saturated heterocycles. The first-order valence-electron chi connectivity index (χ1n) is 14.1. The Balaban J connectivity index is 1.35. The number of esters is 1. The normalized spacial score (nSPS) is 18.8. The van der Waals surface area contributed by atoms with Gasteiger partial charge in [0.25, 0.3) is 0 Å². The zero-order valence-corrected chi connectivity index (χ0v) is 23.3. The molecule has 9 heteroatoms. The van der Waals surface area contributed by atoms with Crippen LogP contribution < -0.4 is 5.32 Å². The molecule has 0 saturated carbocycles. The van der Waals surface area contributed by atoms with Crippen molar-refractivity contribution in [2.24, 2.45) is 0 Å². The molecular weight excluding hydrogens is 532 g/mol. The van der Waals surface area contributed by atoms with Gasteiger partial charge >= 0.3 is 12.0 Å². The van der Waals surface area contributed by atoms with Crippen LogP contribution in [0.2, 0.25) is 0 Å². The predicted octanol–water partition coefficient (Wildman–Crippen LogP) is 4.28. The minimum atomic E-state index is -0.878. The first-order chi connectivity index (χ1) is 20.4. The minimum absolute atomic E-state index is 0.0157. The van der Waals surface area contributed by atoms with Gasteiger partial charge in [0.15, 0.2) is 0 Å². The molecule has 4 aromatic rings. The average Bonchev–Trinajstić information content (AvgIpc) is 3.38. The fourth-order valence-corrected chi connectivity index (χ4v) is 6.16. The lowest BCUT2D eigenvalue weighted by molar-refractivity contribution is -0.142. The highest BCUT2D eigenvalue weighted by atomic mass is 16.5. The summed E-state index contributed by atoms with van der Waals surface area (Å²) in [6.45, 7) is 0.120. The Hall–Kier alpha value is -4.92. The summed E-state index contributed by atoms with van der Waals surface area (Å²) in [4.78, 5) is 60.1. The maximum Gasteiger partial charge on any atom is 0.328 e. The van der Waals surface area contributed by atoms with Crippen LogP contribution in [-0.4, -0.2) is 57.8 Å². The number of carbonyl (C=O) groups excluding carboxylic acids is 4. The van der Waals surface area contributed by atoms with Crippen molar-refractivity contribution in [1.29, 1.82) is 0 Å². The van der Waals surface area contributed by atoms with Gasteiger partial charge in [0.05, 0.1) is 32.5 Å². The van der Waals surface area contributed by atoms with Gasteiger partial charge in [0.1, 0.15) is 6.04 Å². The average molecular weight is 565 g/mol. The van der Waals surface area contributed by atoms with E-state index in [4.69, 9.17) is 4.74 Å². The summed E-state index contributed by atoms with van der Waals surface area (Å²) in [5, 5.41) is 4.02. The zero-order chi connectivity index (χ0) is 29.2. The number of imide groups is 1. The molecule has 3 atom stereocenters. The first-order valence-corrected chi connectivity index (χ1v) is 14.1. The molecule has 3 heterocycles. The van der Waals surface area contributed by atoms with E-state index in [0.29, 0.717) is 6.42 Å². The number of urea groups is 1. The van der Waals surface area contributed by atoms with Crippen LogP contribution in [0.15, 0.2) is 84.9 Å². The van der Waals surface area contributed by atoms with Crippen LogP contribution >= 0.6 is 0 Å². The highest BCUT2D eigenvalue weighted by Gasteiger charge is 2.49. The largest absolute Gasteiger partial charge is 0.469 e. The van der Waals surface area contributed by atoms with Crippen molar-refractivity contribution in [2.75, 3.05) is 7.11 Å². The van der Waals surface area contributed by atoms with E-state index in [1.54, 1.807) is 4.90 Å². The van der Waals surface area contributed by atoms with Gasteiger partial charge in [-0.2, -0.15) is 0 Å². The summed E-state index contributed by atoms with van der Waals surface area (Å²) < 4.78 is 4.91. The van der Waals surface area contributed by atoms with Crippen LogP contribution in [0.25, 0.3) is 10.9 Å². The Morgan fingerprint density at radius 2 is 1.60 bits per heavy atom. The molecule has 1 fully saturated rings. The Labute approximate surface area is 243 Å². The van der Waals surface area contributed by atoms with Gasteiger partial charge in [0, 0.05) is 29.1 Å². The number of hydrogen-bond donors (Lipinski definition) is 2. The van der Waals surface area contributed by atoms with Crippen LogP contribution in [0.5, 0.6) is 0 Å². The lowest BCUT2D eigenvalue weighted by Crippen LogP contribution is -2.62. The van der Waals surface area contributed by atoms with Crippen molar-refractivity contribution in [3.05, 3.63) is 107 Å². The number of fused-ring (bicyclic) bond motifs is 5. The molecule has 3 aromatic carbocycles. The van der Waals surface area contributed by atoms with Gasteiger partial charge in [0.2, 0.25) is 11.8 Å². The number of benzene rings is 3. The Kier molecular flexibility index (Phi) is 7.48. The number of nitrogens with one attached hydrogen (secondary N) is 2. The molecule has 214 valence electrons. The number of carbonyl (C=O) groups is 4. The third-order valence-electron chi connectivity index (χ3n) is 8.17. The third kappa shape index (κ3) is 5.25. The highest BCUT2D eigenvalue weighted by molar-refractivity contribution is 6.01. The van der Waals surface area contributed by atoms with E-state index >= 15 is 0 Å². The summed E-state index contributed by atoms with van der Waals surface area (Å²) >= 11 is 0. The monoisotopic (exact) mass is 564 g/mol. The third-order valence-corrected chi connectivity index (χ3v) is 8.17. The molecule has 0 bridgehead atoms. The molecule has 0 radical (unpaired) electrons. The maximum atomic E-state index is 14.1. The molecule has 1 aromatic heterocycles. The number of methoxy groups -OCH3 is 1. The number of aromatic nitrogens is 1. The van der Waals surface area contributed by atoms with Crippen molar-refractivity contribution in [2.45, 2.75) is 50.4 Å². The van der Waals surface area contributed by atoms with Crippen molar-refractivity contribution >= 4 is 34.7 Å². The summed E-state index contributed by atoms with van der Waals surface area (Å²) in [6.07, 6.45) is 0.732. The number of rotatable bonds is 8. The fraction of sp³-hybridized carbons (Fsp3) is 0.273. The standard InChI is InChI=1S/C33H32N4O5/c1-42-30(39)17-23(16-21-10-4-2-5-11-21)34-32(40)28-18-25-24-14-8-9-15-26(24)35-31(25)27-19-29(38)36(33(41)37(27)28)20-22-12-6-3-7-13-22/h2-15,23,27-28,35H,16-20H2,1H3,(H,34,40)/t23-,27-,28-/m0/s1. The van der Waals surface area contributed by atoms with Crippen LogP contribution in [0.1, 0.15) is 41.3 Å². The lowest BCUT2D eigenvalue weighted by Gasteiger charge is -2.46. The Morgan fingerprint density at radius 1 is 0.929 bits per heavy atom. The second-order valence-corrected chi connectivity index (χ2v) is 10.8. The van der Waals surface area contributed by atoms with E-state index in [2.05, 4.69) is 10.3 Å². The SMILES string of the molecule is COC(=O)C[C@H](Cc1ccccc1)NC(=O)[C@@H]1Cc2c([nH]c3ccccc23)[C@@H]2CC(=O)N(Cc3ccccc3)C(=O)N12. The number of para-hydroxylation sites is 1.